The van der Waals surface area contributed by atoms with Crippen molar-refractivity contribution in [3.05, 3.63) is 92.9 Å². The number of aryl methyl sites for hydroxylation is 2. The largest absolute Gasteiger partial charge is 0.322 e. The number of hydrogen-bond donors (Lipinski definition) is 1. The summed E-state index contributed by atoms with van der Waals surface area (Å²) in [4.78, 5) is 18.1. The monoisotopic (exact) mass is 478 g/mol. The number of amides is 1. The van der Waals surface area contributed by atoms with E-state index in [2.05, 4.69) is 40.3 Å². The molecule has 0 aliphatic rings. The number of fused-ring (bicyclic) bond motifs is 1. The third-order valence-corrected chi connectivity index (χ3v) is 5.85. The molecule has 4 rings (SSSR count). The Morgan fingerprint density at radius 1 is 1.03 bits per heavy atom. The molecule has 0 saturated carbocycles. The lowest BCUT2D eigenvalue weighted by Gasteiger charge is -2.13. The molecular weight excluding hydrogens is 460 g/mol. The van der Waals surface area contributed by atoms with Crippen molar-refractivity contribution >= 4 is 50.0 Å². The van der Waals surface area contributed by atoms with Crippen LogP contribution in [0, 0.1) is 6.92 Å². The average molecular weight is 480 g/mol. The SMILES string of the molecule is CCc1ccc2nc(-c3ccc(Cl)cc3)cc(C(=O)Nc3ccc(Br)cc3C)c2c1. The second-order valence-corrected chi connectivity index (χ2v) is 8.53. The lowest BCUT2D eigenvalue weighted by molar-refractivity contribution is 0.102. The van der Waals surface area contributed by atoms with Crippen LogP contribution in [0.25, 0.3) is 22.2 Å². The normalized spacial score (nSPS) is 10.9. The highest BCUT2D eigenvalue weighted by molar-refractivity contribution is 9.10. The van der Waals surface area contributed by atoms with Gasteiger partial charge in [0.25, 0.3) is 5.91 Å². The molecule has 0 spiro atoms. The first-order valence-corrected chi connectivity index (χ1v) is 10.9. The Hall–Kier alpha value is -2.69. The number of nitrogens with one attached hydrogen (secondary N) is 1. The number of carbonyl (C=O) groups excluding carboxylic acids is 1. The van der Waals surface area contributed by atoms with E-state index in [4.69, 9.17) is 16.6 Å². The number of halogens is 2. The maximum absolute atomic E-state index is 13.3. The standard InChI is InChI=1S/C25H20BrClN2O/c1-3-16-4-10-23-20(13-16)21(14-24(28-23)17-5-8-19(27)9-6-17)25(30)29-22-11-7-18(26)12-15(22)2/h4-14H,3H2,1-2H3,(H,29,30). The Bertz CT molecular complexity index is 1250. The minimum atomic E-state index is -0.156. The molecule has 0 unspecified atom stereocenters. The summed E-state index contributed by atoms with van der Waals surface area (Å²) in [5, 5.41) is 4.57. The number of pyridine rings is 1. The second kappa shape index (κ2) is 8.58. The van der Waals surface area contributed by atoms with Gasteiger partial charge in [-0.3, -0.25) is 4.79 Å². The first-order valence-electron chi connectivity index (χ1n) is 9.71. The summed E-state index contributed by atoms with van der Waals surface area (Å²) >= 11 is 9.50. The van der Waals surface area contributed by atoms with Gasteiger partial charge in [-0.25, -0.2) is 4.98 Å². The fourth-order valence-electron chi connectivity index (χ4n) is 3.41. The Morgan fingerprint density at radius 3 is 2.50 bits per heavy atom. The van der Waals surface area contributed by atoms with Crippen LogP contribution in [0.15, 0.2) is 71.2 Å². The van der Waals surface area contributed by atoms with Crippen LogP contribution in [0.4, 0.5) is 5.69 Å². The highest BCUT2D eigenvalue weighted by Gasteiger charge is 2.16. The van der Waals surface area contributed by atoms with E-state index < -0.39 is 0 Å². The van der Waals surface area contributed by atoms with E-state index in [0.717, 1.165) is 49.9 Å². The van der Waals surface area contributed by atoms with Crippen molar-refractivity contribution in [2.45, 2.75) is 20.3 Å². The molecule has 3 nitrogen and oxygen atoms in total. The number of hydrogen-bond acceptors (Lipinski definition) is 2. The Kier molecular flexibility index (Phi) is 5.89. The van der Waals surface area contributed by atoms with Gasteiger partial charge in [0, 0.05) is 26.1 Å². The van der Waals surface area contributed by atoms with Gasteiger partial charge in [-0.2, -0.15) is 0 Å². The van der Waals surface area contributed by atoms with Crippen molar-refractivity contribution in [1.82, 2.24) is 4.98 Å². The third kappa shape index (κ3) is 4.25. The lowest BCUT2D eigenvalue weighted by Crippen LogP contribution is -2.14. The molecule has 4 aromatic rings. The first-order chi connectivity index (χ1) is 14.4. The maximum atomic E-state index is 13.3. The van der Waals surface area contributed by atoms with E-state index in [1.165, 1.54) is 0 Å². The topological polar surface area (TPSA) is 42.0 Å². The van der Waals surface area contributed by atoms with Crippen molar-refractivity contribution in [2.24, 2.45) is 0 Å². The molecule has 5 heteroatoms. The smallest absolute Gasteiger partial charge is 0.256 e. The summed E-state index contributed by atoms with van der Waals surface area (Å²) in [5.74, 6) is -0.156. The van der Waals surface area contributed by atoms with Crippen LogP contribution < -0.4 is 5.32 Å². The first kappa shape index (κ1) is 20.6. The average Bonchev–Trinajstić information content (AvgIpc) is 2.75. The number of carbonyl (C=O) groups is 1. The minimum absolute atomic E-state index is 0.156. The molecular formula is C25H20BrClN2O. The Balaban J connectivity index is 1.84. The van der Waals surface area contributed by atoms with Gasteiger partial charge in [0.05, 0.1) is 16.8 Å². The third-order valence-electron chi connectivity index (χ3n) is 5.10. The molecule has 1 aromatic heterocycles. The quantitative estimate of drug-likeness (QED) is 0.330. The predicted octanol–water partition coefficient (Wildman–Crippen LogP) is 7.44. The number of aromatic nitrogens is 1. The van der Waals surface area contributed by atoms with E-state index in [0.29, 0.717) is 10.6 Å². The molecule has 0 radical (unpaired) electrons. The summed E-state index contributed by atoms with van der Waals surface area (Å²) in [6.45, 7) is 4.07. The molecule has 0 aliphatic heterocycles. The summed E-state index contributed by atoms with van der Waals surface area (Å²) in [7, 11) is 0. The zero-order valence-corrected chi connectivity index (χ0v) is 19.0. The van der Waals surface area contributed by atoms with E-state index in [1.807, 2.05) is 61.5 Å². The lowest BCUT2D eigenvalue weighted by atomic mass is 10.0. The molecule has 3 aromatic carbocycles. The van der Waals surface area contributed by atoms with Crippen molar-refractivity contribution in [3.8, 4) is 11.3 Å². The molecule has 0 fully saturated rings. The fourth-order valence-corrected chi connectivity index (χ4v) is 4.01. The van der Waals surface area contributed by atoms with Crippen molar-refractivity contribution in [2.75, 3.05) is 5.32 Å². The van der Waals surface area contributed by atoms with Crippen LogP contribution in [0.2, 0.25) is 5.02 Å². The van der Waals surface area contributed by atoms with Crippen LogP contribution in [0.5, 0.6) is 0 Å². The number of nitrogens with zero attached hydrogens (tertiary/aromatic N) is 1. The second-order valence-electron chi connectivity index (χ2n) is 7.18. The van der Waals surface area contributed by atoms with E-state index in [1.54, 1.807) is 0 Å². The number of anilines is 1. The van der Waals surface area contributed by atoms with Crippen LogP contribution in [-0.4, -0.2) is 10.9 Å². The Morgan fingerprint density at radius 2 is 1.80 bits per heavy atom. The molecule has 1 N–H and O–H groups in total. The molecule has 1 amide bonds. The van der Waals surface area contributed by atoms with E-state index >= 15 is 0 Å². The van der Waals surface area contributed by atoms with Crippen LogP contribution in [0.3, 0.4) is 0 Å². The van der Waals surface area contributed by atoms with Crippen LogP contribution >= 0.6 is 27.5 Å². The van der Waals surface area contributed by atoms with Crippen LogP contribution in [0.1, 0.15) is 28.4 Å². The molecule has 0 saturated heterocycles. The van der Waals surface area contributed by atoms with Crippen molar-refractivity contribution < 1.29 is 4.79 Å². The van der Waals surface area contributed by atoms with E-state index in [-0.39, 0.29) is 5.91 Å². The van der Waals surface area contributed by atoms with Crippen molar-refractivity contribution in [1.29, 1.82) is 0 Å². The number of rotatable bonds is 4. The molecule has 150 valence electrons. The van der Waals surface area contributed by atoms with Gasteiger partial charge in [0.15, 0.2) is 0 Å². The predicted molar refractivity (Wildman–Crippen MR) is 128 cm³/mol. The van der Waals surface area contributed by atoms with Gasteiger partial charge in [-0.05, 0) is 73.0 Å². The summed E-state index contributed by atoms with van der Waals surface area (Å²) < 4.78 is 0.977. The van der Waals surface area contributed by atoms with Gasteiger partial charge in [-0.1, -0.05) is 52.7 Å². The molecule has 0 atom stereocenters. The molecule has 0 aliphatic carbocycles. The van der Waals surface area contributed by atoms with Crippen LogP contribution in [-0.2, 0) is 6.42 Å². The van der Waals surface area contributed by atoms with Gasteiger partial charge < -0.3 is 5.32 Å². The van der Waals surface area contributed by atoms with Gasteiger partial charge in [-0.15, -0.1) is 0 Å². The maximum Gasteiger partial charge on any atom is 0.256 e. The molecule has 1 heterocycles. The van der Waals surface area contributed by atoms with Gasteiger partial charge in [0.1, 0.15) is 0 Å². The summed E-state index contributed by atoms with van der Waals surface area (Å²) in [6.07, 6.45) is 0.891. The zero-order chi connectivity index (χ0) is 21.3. The van der Waals surface area contributed by atoms with Gasteiger partial charge in [0.2, 0.25) is 0 Å². The molecule has 0 bridgehead atoms. The molecule has 30 heavy (non-hydrogen) atoms. The Labute approximate surface area is 189 Å². The highest BCUT2D eigenvalue weighted by atomic mass is 79.9. The minimum Gasteiger partial charge on any atom is -0.322 e. The zero-order valence-electron chi connectivity index (χ0n) is 16.7. The summed E-state index contributed by atoms with van der Waals surface area (Å²) in [5.41, 5.74) is 5.98. The fraction of sp³-hybridized carbons (Fsp3) is 0.120. The highest BCUT2D eigenvalue weighted by Crippen LogP contribution is 2.28. The van der Waals surface area contributed by atoms with Crippen molar-refractivity contribution in [3.63, 3.8) is 0 Å². The van der Waals surface area contributed by atoms with E-state index in [9.17, 15) is 4.79 Å². The summed E-state index contributed by atoms with van der Waals surface area (Å²) in [6, 6.07) is 21.2. The number of benzene rings is 3. The van der Waals surface area contributed by atoms with Gasteiger partial charge >= 0.3 is 0 Å².